The Bertz CT molecular complexity index is 1270. The van der Waals surface area contributed by atoms with Crippen LogP contribution < -0.4 is 16.9 Å². The lowest BCUT2D eigenvalue weighted by Gasteiger charge is -2.15. The predicted octanol–water partition coefficient (Wildman–Crippen LogP) is 2.16. The lowest BCUT2D eigenvalue weighted by molar-refractivity contribution is -0.144. The molecule has 2 aromatic heterocycles. The minimum atomic E-state index is -4.98. The van der Waals surface area contributed by atoms with Gasteiger partial charge in [0.05, 0.1) is 5.02 Å². The molecule has 0 fully saturated rings. The van der Waals surface area contributed by atoms with Crippen LogP contribution >= 0.6 is 11.6 Å². The molecule has 12 heteroatoms. The molecule has 0 aliphatic heterocycles. The molecule has 0 N–H and O–H groups in total. The lowest BCUT2D eigenvalue weighted by atomic mass is 10.2. The Balaban J connectivity index is 2.53. The van der Waals surface area contributed by atoms with E-state index in [4.69, 9.17) is 16.0 Å². The average Bonchev–Trinajstić information content (AvgIpc) is 2.54. The summed E-state index contributed by atoms with van der Waals surface area (Å²) in [5, 5.41) is -0.368. The molecule has 1 aromatic carbocycles. The number of nitrogens with zero attached hydrogens (tertiary/aromatic N) is 3. The van der Waals surface area contributed by atoms with Gasteiger partial charge in [0.2, 0.25) is 0 Å². The van der Waals surface area contributed by atoms with Gasteiger partial charge in [0.25, 0.3) is 5.56 Å². The van der Waals surface area contributed by atoms with E-state index in [0.29, 0.717) is 6.07 Å². The number of alkyl halides is 3. The minimum Gasteiger partial charge on any atom is -0.418 e. The molecule has 142 valence electrons. The van der Waals surface area contributed by atoms with Gasteiger partial charge in [0.15, 0.2) is 11.4 Å². The molecule has 3 rings (SSSR count). The number of rotatable bonds is 1. The lowest BCUT2D eigenvalue weighted by Crippen LogP contribution is -2.41. The molecule has 0 saturated heterocycles. The molecule has 0 aliphatic carbocycles. The van der Waals surface area contributed by atoms with Crippen LogP contribution in [-0.4, -0.2) is 14.1 Å². The van der Waals surface area contributed by atoms with Crippen molar-refractivity contribution in [2.75, 3.05) is 0 Å². The average molecular weight is 406 g/mol. The summed E-state index contributed by atoms with van der Waals surface area (Å²) in [6.07, 6.45) is -4.98. The van der Waals surface area contributed by atoms with Crippen LogP contribution in [0.3, 0.4) is 0 Å². The van der Waals surface area contributed by atoms with Crippen LogP contribution in [-0.2, 0) is 13.2 Å². The zero-order chi connectivity index (χ0) is 20.3. The smallest absolute Gasteiger partial charge is 0.418 e. The van der Waals surface area contributed by atoms with Gasteiger partial charge in [0, 0.05) is 13.1 Å². The molecule has 0 amide bonds. The van der Waals surface area contributed by atoms with E-state index in [1.807, 2.05) is 0 Å². The van der Waals surface area contributed by atoms with Gasteiger partial charge >= 0.3 is 17.5 Å². The van der Waals surface area contributed by atoms with Crippen molar-refractivity contribution in [2.45, 2.75) is 13.1 Å². The molecule has 3 aromatic rings. The second-order valence-electron chi connectivity index (χ2n) is 5.50. The Labute approximate surface area is 151 Å². The van der Waals surface area contributed by atoms with E-state index in [1.165, 1.54) is 6.92 Å². The fourth-order valence-electron chi connectivity index (χ4n) is 2.48. The Kier molecular flexibility index (Phi) is 4.22. The summed E-state index contributed by atoms with van der Waals surface area (Å²) >= 11 is 5.81. The maximum absolute atomic E-state index is 14.6. The first-order valence-electron chi connectivity index (χ1n) is 7.13. The summed E-state index contributed by atoms with van der Waals surface area (Å²) in [6, 6.07) is 0.802. The van der Waals surface area contributed by atoms with Gasteiger partial charge < -0.3 is 4.42 Å². The van der Waals surface area contributed by atoms with Crippen LogP contribution in [0.1, 0.15) is 11.4 Å². The Morgan fingerprint density at radius 1 is 1.19 bits per heavy atom. The minimum absolute atomic E-state index is 0.146. The quantitative estimate of drug-likeness (QED) is 0.579. The number of benzene rings is 1. The zero-order valence-corrected chi connectivity index (χ0v) is 14.3. The SMILES string of the molecule is Cc1nc2c(-n3c(=O)cc(C(F)(F)F)n(C)c3=O)c(F)cc(Cl)c2oc1=O. The molecule has 7 nitrogen and oxygen atoms in total. The van der Waals surface area contributed by atoms with Gasteiger partial charge in [-0.2, -0.15) is 13.2 Å². The fourth-order valence-corrected chi connectivity index (χ4v) is 2.70. The van der Waals surface area contributed by atoms with Gasteiger partial charge in [-0.05, 0) is 13.0 Å². The van der Waals surface area contributed by atoms with Gasteiger partial charge in [-0.3, -0.25) is 9.36 Å². The fraction of sp³-hybridized carbons (Fsp3) is 0.200. The van der Waals surface area contributed by atoms with Crippen molar-refractivity contribution in [1.82, 2.24) is 14.1 Å². The number of aryl methyl sites for hydroxylation is 1. The molecule has 0 radical (unpaired) electrons. The van der Waals surface area contributed by atoms with Crippen molar-refractivity contribution in [2.24, 2.45) is 7.05 Å². The van der Waals surface area contributed by atoms with Crippen molar-refractivity contribution in [3.63, 3.8) is 0 Å². The van der Waals surface area contributed by atoms with E-state index in [2.05, 4.69) is 4.98 Å². The zero-order valence-electron chi connectivity index (χ0n) is 13.5. The molecule has 2 heterocycles. The number of halogens is 5. The predicted molar refractivity (Wildman–Crippen MR) is 85.8 cm³/mol. The molecule has 27 heavy (non-hydrogen) atoms. The summed E-state index contributed by atoms with van der Waals surface area (Å²) in [6.45, 7) is 1.22. The molecule has 0 aliphatic rings. The normalized spacial score (nSPS) is 12.0. The summed E-state index contributed by atoms with van der Waals surface area (Å²) in [5.41, 5.74) is -7.21. The van der Waals surface area contributed by atoms with E-state index >= 15 is 0 Å². The maximum atomic E-state index is 14.6. The number of aromatic nitrogens is 3. The van der Waals surface area contributed by atoms with E-state index in [1.54, 1.807) is 0 Å². The first-order valence-corrected chi connectivity index (χ1v) is 7.51. The summed E-state index contributed by atoms with van der Waals surface area (Å²) in [4.78, 5) is 40.0. The van der Waals surface area contributed by atoms with Crippen LogP contribution in [0, 0.1) is 12.7 Å². The van der Waals surface area contributed by atoms with E-state index in [0.717, 1.165) is 7.05 Å². The van der Waals surface area contributed by atoms with Gasteiger partial charge in [-0.15, -0.1) is 0 Å². The highest BCUT2D eigenvalue weighted by Crippen LogP contribution is 2.30. The molecule has 0 saturated carbocycles. The maximum Gasteiger partial charge on any atom is 0.431 e. The monoisotopic (exact) mass is 405 g/mol. The van der Waals surface area contributed by atoms with E-state index < -0.39 is 51.3 Å². The van der Waals surface area contributed by atoms with Gasteiger partial charge in [0.1, 0.15) is 22.6 Å². The summed E-state index contributed by atoms with van der Waals surface area (Å²) in [7, 11) is 0.774. The van der Waals surface area contributed by atoms with Crippen LogP contribution in [0.4, 0.5) is 17.6 Å². The van der Waals surface area contributed by atoms with Crippen molar-refractivity contribution in [3.05, 3.63) is 65.6 Å². The van der Waals surface area contributed by atoms with E-state index in [-0.39, 0.29) is 25.9 Å². The first kappa shape index (κ1) is 18.8. The van der Waals surface area contributed by atoms with Crippen LogP contribution in [0.25, 0.3) is 16.8 Å². The molecule has 0 unspecified atom stereocenters. The molecule has 0 atom stereocenters. The molecule has 0 spiro atoms. The highest BCUT2D eigenvalue weighted by atomic mass is 35.5. The third-order valence-corrected chi connectivity index (χ3v) is 4.02. The standard InChI is InChI=1S/C15H8ClF4N3O4/c1-5-13(25)27-12-6(16)3-7(17)11(10(12)21-5)23-9(24)4-8(15(18,19)20)22(2)14(23)26/h3-4H,1-2H3. The summed E-state index contributed by atoms with van der Waals surface area (Å²) < 4.78 is 58.7. The highest BCUT2D eigenvalue weighted by molar-refractivity contribution is 6.34. The van der Waals surface area contributed by atoms with Crippen molar-refractivity contribution in [3.8, 4) is 5.69 Å². The highest BCUT2D eigenvalue weighted by Gasteiger charge is 2.35. The van der Waals surface area contributed by atoms with Crippen molar-refractivity contribution in [1.29, 1.82) is 0 Å². The molecular formula is C15H8ClF4N3O4. The Morgan fingerprint density at radius 3 is 2.41 bits per heavy atom. The second-order valence-corrected chi connectivity index (χ2v) is 5.90. The number of hydrogen-bond donors (Lipinski definition) is 0. The van der Waals surface area contributed by atoms with Crippen molar-refractivity contribution < 1.29 is 22.0 Å². The second kappa shape index (κ2) is 6.05. The number of fused-ring (bicyclic) bond motifs is 1. The topological polar surface area (TPSA) is 87.1 Å². The van der Waals surface area contributed by atoms with Gasteiger partial charge in [-0.1, -0.05) is 11.6 Å². The summed E-state index contributed by atoms with van der Waals surface area (Å²) in [5.74, 6) is -1.22. The Morgan fingerprint density at radius 2 is 1.81 bits per heavy atom. The molecular weight excluding hydrogens is 398 g/mol. The third-order valence-electron chi connectivity index (χ3n) is 3.74. The Hall–Kier alpha value is -2.95. The van der Waals surface area contributed by atoms with Crippen LogP contribution in [0.2, 0.25) is 5.02 Å². The third kappa shape index (κ3) is 2.93. The van der Waals surface area contributed by atoms with E-state index in [9.17, 15) is 31.9 Å². The van der Waals surface area contributed by atoms with Crippen molar-refractivity contribution >= 4 is 22.7 Å². The van der Waals surface area contributed by atoms with Crippen LogP contribution in [0.5, 0.6) is 0 Å². The molecule has 0 bridgehead atoms. The van der Waals surface area contributed by atoms with Gasteiger partial charge in [-0.25, -0.2) is 23.5 Å². The largest absolute Gasteiger partial charge is 0.431 e. The van der Waals surface area contributed by atoms with Crippen LogP contribution in [0.15, 0.2) is 30.9 Å². The number of hydrogen-bond acceptors (Lipinski definition) is 5. The first-order chi connectivity index (χ1) is 12.4.